The Kier molecular flexibility index (Phi) is 13.6. The van der Waals surface area contributed by atoms with E-state index in [0.29, 0.717) is 0 Å². The highest BCUT2D eigenvalue weighted by Gasteiger charge is 2.12. The molecule has 0 radical (unpaired) electrons. The summed E-state index contributed by atoms with van der Waals surface area (Å²) in [5.41, 5.74) is 5.29. The Balaban J connectivity index is 0.00000408. The second-order valence-electron chi connectivity index (χ2n) is 9.18. The fourth-order valence-corrected chi connectivity index (χ4v) is 4.26. The molecule has 2 N–H and O–H groups in total. The van der Waals surface area contributed by atoms with Gasteiger partial charge in [-0.1, -0.05) is 78.1 Å². The number of allylic oxidation sites excluding steroid dienone is 2. The van der Waals surface area contributed by atoms with Crippen LogP contribution in [0.1, 0.15) is 103 Å². The number of ether oxygens (including phenoxy) is 1. The number of rotatable bonds is 17. The first-order chi connectivity index (χ1) is 16.3. The van der Waals surface area contributed by atoms with Crippen LogP contribution in [0.2, 0.25) is 0 Å². The molecule has 0 unspecified atom stereocenters. The van der Waals surface area contributed by atoms with Crippen LogP contribution in [-0.2, 0) is 0 Å². The van der Waals surface area contributed by atoms with Gasteiger partial charge in [-0.2, -0.15) is 0 Å². The number of aliphatic imine (C=N–C) groups is 1. The van der Waals surface area contributed by atoms with Gasteiger partial charge in [-0.15, -0.1) is 12.4 Å². The average molecular weight is 486 g/mol. The molecule has 188 valence electrons. The summed E-state index contributed by atoms with van der Waals surface area (Å²) in [5.74, 6) is 0.902. The molecule has 0 bridgehead atoms. The van der Waals surface area contributed by atoms with E-state index < -0.39 is 0 Å². The van der Waals surface area contributed by atoms with Crippen LogP contribution in [0.5, 0.6) is 5.75 Å². The van der Waals surface area contributed by atoms with E-state index in [1.54, 1.807) is 0 Å². The number of unbranched alkanes of at least 4 members (excludes halogenated alkanes) is 10. The number of aromatic amines is 2. The van der Waals surface area contributed by atoms with Crippen molar-refractivity contribution in [2.45, 2.75) is 97.3 Å². The van der Waals surface area contributed by atoms with Gasteiger partial charge < -0.3 is 14.7 Å². The molecular weight excluding hydrogens is 442 g/mol. The Hall–Kier alpha value is -2.20. The molecule has 3 rings (SSSR count). The third kappa shape index (κ3) is 9.58. The molecule has 1 aliphatic heterocycles. The predicted molar refractivity (Wildman–Crippen MR) is 149 cm³/mol. The van der Waals surface area contributed by atoms with Gasteiger partial charge in [0.2, 0.25) is 0 Å². The molecule has 0 fully saturated rings. The first kappa shape index (κ1) is 28.0. The van der Waals surface area contributed by atoms with Crippen molar-refractivity contribution in [2.75, 3.05) is 6.61 Å². The van der Waals surface area contributed by atoms with Crippen molar-refractivity contribution in [3.8, 4) is 17.1 Å². The number of nitrogens with one attached hydrogen (secondary N) is 2. The minimum Gasteiger partial charge on any atom is -0.491 e. The molecule has 2 aromatic heterocycles. The van der Waals surface area contributed by atoms with Crippen LogP contribution in [0.25, 0.3) is 17.5 Å². The van der Waals surface area contributed by atoms with Crippen molar-refractivity contribution < 1.29 is 4.74 Å². The van der Waals surface area contributed by atoms with E-state index in [-0.39, 0.29) is 12.4 Å². The Morgan fingerprint density at radius 2 is 1.56 bits per heavy atom. The molecule has 3 heterocycles. The Morgan fingerprint density at radius 3 is 2.26 bits per heavy atom. The van der Waals surface area contributed by atoms with Gasteiger partial charge >= 0.3 is 0 Å². The topological polar surface area (TPSA) is 53.2 Å². The first-order valence-corrected chi connectivity index (χ1v) is 13.3. The number of H-pyrrole nitrogens is 2. The summed E-state index contributed by atoms with van der Waals surface area (Å²) in [6, 6.07) is 6.18. The maximum absolute atomic E-state index is 6.13. The lowest BCUT2D eigenvalue weighted by atomic mass is 10.1. The van der Waals surface area contributed by atoms with Gasteiger partial charge in [0.1, 0.15) is 5.75 Å². The van der Waals surface area contributed by atoms with Crippen LogP contribution in [0.15, 0.2) is 47.2 Å². The Bertz CT molecular complexity index is 893. The number of hydrogen-bond acceptors (Lipinski definition) is 2. The van der Waals surface area contributed by atoms with E-state index in [4.69, 9.17) is 9.73 Å². The van der Waals surface area contributed by atoms with Crippen molar-refractivity contribution in [1.82, 2.24) is 9.97 Å². The normalized spacial score (nSPS) is 13.9. The van der Waals surface area contributed by atoms with Crippen molar-refractivity contribution in [3.63, 3.8) is 0 Å². The maximum atomic E-state index is 6.13. The van der Waals surface area contributed by atoms with E-state index in [1.165, 1.54) is 76.3 Å². The smallest absolute Gasteiger partial charge is 0.144 e. The molecule has 0 amide bonds. The molecule has 0 saturated heterocycles. The number of hydrogen-bond donors (Lipinski definition) is 2. The fraction of sp³-hybridized carbons (Fsp3) is 0.552. The minimum atomic E-state index is 0. The highest BCUT2D eigenvalue weighted by atomic mass is 35.5. The van der Waals surface area contributed by atoms with E-state index in [0.717, 1.165) is 48.0 Å². The maximum Gasteiger partial charge on any atom is 0.144 e. The van der Waals surface area contributed by atoms with Gasteiger partial charge in [0, 0.05) is 18.0 Å². The zero-order chi connectivity index (χ0) is 23.1. The summed E-state index contributed by atoms with van der Waals surface area (Å²) >= 11 is 0. The van der Waals surface area contributed by atoms with Crippen LogP contribution in [0.3, 0.4) is 0 Å². The van der Waals surface area contributed by atoms with Gasteiger partial charge in [0.25, 0.3) is 0 Å². The molecule has 34 heavy (non-hydrogen) atoms. The minimum absolute atomic E-state index is 0. The molecular formula is C29H44ClN3O. The van der Waals surface area contributed by atoms with Crippen LogP contribution in [0.4, 0.5) is 0 Å². The summed E-state index contributed by atoms with van der Waals surface area (Å²) in [4.78, 5) is 11.6. The van der Waals surface area contributed by atoms with Gasteiger partial charge in [-0.3, -0.25) is 4.99 Å². The summed E-state index contributed by atoms with van der Waals surface area (Å²) in [6.07, 6.45) is 25.1. The molecule has 0 atom stereocenters. The Morgan fingerprint density at radius 1 is 0.853 bits per heavy atom. The third-order valence-electron chi connectivity index (χ3n) is 6.25. The lowest BCUT2D eigenvalue weighted by molar-refractivity contribution is 0.306. The van der Waals surface area contributed by atoms with Crippen molar-refractivity contribution >= 4 is 24.2 Å². The Labute approximate surface area is 212 Å². The quantitative estimate of drug-likeness (QED) is 0.215. The predicted octanol–water partition coefficient (Wildman–Crippen LogP) is 9.27. The van der Waals surface area contributed by atoms with Crippen LogP contribution < -0.4 is 4.74 Å². The molecule has 1 aliphatic rings. The third-order valence-corrected chi connectivity index (χ3v) is 6.25. The summed E-state index contributed by atoms with van der Waals surface area (Å²) < 4.78 is 6.13. The zero-order valence-corrected chi connectivity index (χ0v) is 22.0. The summed E-state index contributed by atoms with van der Waals surface area (Å²) in [5, 5.41) is 0. The highest BCUT2D eigenvalue weighted by Crippen LogP contribution is 2.29. The largest absolute Gasteiger partial charge is 0.491 e. The molecule has 0 saturated carbocycles. The SMILES string of the molecule is CCCCCCCCCCCC1=NC(=Cc2[nH]c(-c3ccc[nH]3)cc2OCCCCC)C=C1.Cl. The van der Waals surface area contributed by atoms with Gasteiger partial charge in [-0.25, -0.2) is 0 Å². The summed E-state index contributed by atoms with van der Waals surface area (Å²) in [7, 11) is 0. The standard InChI is InChI=1S/C29H43N3O.ClH/c1-3-5-7-8-9-10-11-12-13-16-24-18-19-25(31-24)22-28-29(33-21-14-6-4-2)23-27(32-28)26-17-15-20-30-26;/h15,17-20,22-23,30,32H,3-14,16,21H2,1-2H3;1H. The van der Waals surface area contributed by atoms with Crippen LogP contribution >= 0.6 is 12.4 Å². The van der Waals surface area contributed by atoms with Crippen LogP contribution in [0, 0.1) is 0 Å². The van der Waals surface area contributed by atoms with Crippen molar-refractivity contribution in [3.05, 3.63) is 47.9 Å². The van der Waals surface area contributed by atoms with Gasteiger partial charge in [0.15, 0.2) is 0 Å². The lowest BCUT2D eigenvalue weighted by Crippen LogP contribution is -1.97. The average Bonchev–Trinajstić information content (AvgIpc) is 3.58. The number of halogens is 1. The number of aromatic nitrogens is 2. The van der Waals surface area contributed by atoms with Gasteiger partial charge in [0.05, 0.1) is 29.4 Å². The second kappa shape index (κ2) is 16.4. The molecule has 0 aliphatic carbocycles. The zero-order valence-electron chi connectivity index (χ0n) is 21.2. The van der Waals surface area contributed by atoms with Crippen molar-refractivity contribution in [1.29, 1.82) is 0 Å². The number of nitrogens with zero attached hydrogens (tertiary/aromatic N) is 1. The van der Waals surface area contributed by atoms with Crippen LogP contribution in [-0.4, -0.2) is 22.3 Å². The van der Waals surface area contributed by atoms with Crippen molar-refractivity contribution in [2.24, 2.45) is 4.99 Å². The first-order valence-electron chi connectivity index (χ1n) is 13.3. The molecule has 0 spiro atoms. The monoisotopic (exact) mass is 485 g/mol. The molecule has 2 aromatic rings. The van der Waals surface area contributed by atoms with E-state index in [1.807, 2.05) is 12.3 Å². The van der Waals surface area contributed by atoms with E-state index in [2.05, 4.69) is 54.2 Å². The van der Waals surface area contributed by atoms with E-state index >= 15 is 0 Å². The van der Waals surface area contributed by atoms with Gasteiger partial charge in [-0.05, 0) is 49.6 Å². The molecule has 0 aromatic carbocycles. The lowest BCUT2D eigenvalue weighted by Gasteiger charge is -2.04. The molecule has 5 heteroatoms. The summed E-state index contributed by atoms with van der Waals surface area (Å²) in [6.45, 7) is 5.24. The van der Waals surface area contributed by atoms with E-state index in [9.17, 15) is 0 Å². The second-order valence-corrected chi connectivity index (χ2v) is 9.18. The fourth-order valence-electron chi connectivity index (χ4n) is 4.26. The molecule has 4 nitrogen and oxygen atoms in total. The highest BCUT2D eigenvalue weighted by molar-refractivity contribution is 5.99.